The van der Waals surface area contributed by atoms with E-state index < -0.39 is 0 Å². The molecule has 0 spiro atoms. The zero-order chi connectivity index (χ0) is 27.2. The quantitative estimate of drug-likeness (QED) is 0.177. The molecule has 1 saturated heterocycles. The molecule has 0 aliphatic carbocycles. The highest BCUT2D eigenvalue weighted by atomic mass is 79.9. The first-order chi connectivity index (χ1) is 19.0. The molecule has 8 heteroatoms. The van der Waals surface area contributed by atoms with E-state index in [4.69, 9.17) is 9.73 Å². The summed E-state index contributed by atoms with van der Waals surface area (Å²) >= 11 is 8.55. The van der Waals surface area contributed by atoms with Gasteiger partial charge in [0.05, 0.1) is 26.9 Å². The van der Waals surface area contributed by atoms with Crippen LogP contribution in [0.3, 0.4) is 0 Å². The molecule has 0 bridgehead atoms. The first kappa shape index (κ1) is 27.4. The molecule has 5 rings (SSSR count). The first-order valence-electron chi connectivity index (χ1n) is 12.2. The highest BCUT2D eigenvalue weighted by Gasteiger charge is 2.33. The third kappa shape index (κ3) is 7.06. The molecule has 0 unspecified atom stereocenters. The van der Waals surface area contributed by atoms with Crippen molar-refractivity contribution in [2.45, 2.75) is 19.7 Å². The molecule has 0 radical (unpaired) electrons. The second-order valence-corrected chi connectivity index (χ2v) is 11.5. The number of amidine groups is 1. The standard InChI is InChI=1S/C31H23Br2FN2O2S/c32-26-15-24(16-27(33)29(26)38-20-23-12-7-13-25(34)14-23)17-28-30(37)36(19-22-10-5-2-6-11-22)31(39-28)35-18-21-8-3-1-4-9-21/h1-17H,18-20H2/b28-17+,35-31?. The summed E-state index contributed by atoms with van der Waals surface area (Å²) < 4.78 is 20.9. The minimum atomic E-state index is -0.303. The fraction of sp³-hybridized carbons (Fsp3) is 0.0968. The van der Waals surface area contributed by atoms with E-state index >= 15 is 0 Å². The van der Waals surface area contributed by atoms with Gasteiger partial charge in [-0.1, -0.05) is 72.8 Å². The van der Waals surface area contributed by atoms with E-state index in [1.54, 1.807) is 11.0 Å². The van der Waals surface area contributed by atoms with Gasteiger partial charge in [0.25, 0.3) is 5.91 Å². The topological polar surface area (TPSA) is 41.9 Å². The summed E-state index contributed by atoms with van der Waals surface area (Å²) in [7, 11) is 0. The van der Waals surface area contributed by atoms with Crippen molar-refractivity contribution in [3.05, 3.63) is 139 Å². The number of carbonyl (C=O) groups excluding carboxylic acids is 1. The predicted molar refractivity (Wildman–Crippen MR) is 163 cm³/mol. The predicted octanol–water partition coefficient (Wildman–Crippen LogP) is 8.60. The van der Waals surface area contributed by atoms with E-state index in [0.717, 1.165) is 31.2 Å². The number of carbonyl (C=O) groups is 1. The molecule has 1 aliphatic rings. The van der Waals surface area contributed by atoms with Crippen molar-refractivity contribution in [1.82, 2.24) is 4.90 Å². The summed E-state index contributed by atoms with van der Waals surface area (Å²) in [6.07, 6.45) is 1.86. The minimum Gasteiger partial charge on any atom is -0.487 e. The monoisotopic (exact) mass is 664 g/mol. The number of hydrogen-bond acceptors (Lipinski definition) is 4. The van der Waals surface area contributed by atoms with Crippen LogP contribution >= 0.6 is 43.6 Å². The van der Waals surface area contributed by atoms with E-state index in [9.17, 15) is 9.18 Å². The van der Waals surface area contributed by atoms with E-state index in [-0.39, 0.29) is 18.3 Å². The maximum Gasteiger partial charge on any atom is 0.267 e. The van der Waals surface area contributed by atoms with Gasteiger partial charge in [0.2, 0.25) is 0 Å². The summed E-state index contributed by atoms with van der Waals surface area (Å²) in [4.78, 5) is 20.7. The van der Waals surface area contributed by atoms with Crippen molar-refractivity contribution in [1.29, 1.82) is 0 Å². The van der Waals surface area contributed by atoms with Gasteiger partial charge in [-0.2, -0.15) is 0 Å². The van der Waals surface area contributed by atoms with Crippen LogP contribution in [0.2, 0.25) is 0 Å². The Morgan fingerprint density at radius 1 is 0.846 bits per heavy atom. The van der Waals surface area contributed by atoms with Gasteiger partial charge in [0.1, 0.15) is 18.2 Å². The largest absolute Gasteiger partial charge is 0.487 e. The third-order valence-electron chi connectivity index (χ3n) is 5.90. The lowest BCUT2D eigenvalue weighted by Gasteiger charge is -2.15. The molecule has 1 aliphatic heterocycles. The lowest BCUT2D eigenvalue weighted by Crippen LogP contribution is -2.28. The van der Waals surface area contributed by atoms with E-state index in [0.29, 0.717) is 28.9 Å². The SMILES string of the molecule is O=C1/C(=C\c2cc(Br)c(OCc3cccc(F)c3)c(Br)c2)SC(=NCc2ccccc2)N1Cc1ccccc1. The van der Waals surface area contributed by atoms with Crippen LogP contribution < -0.4 is 4.74 Å². The van der Waals surface area contributed by atoms with Crippen LogP contribution in [0, 0.1) is 5.82 Å². The molecule has 1 fully saturated rings. The number of ether oxygens (including phenoxy) is 1. The van der Waals surface area contributed by atoms with Crippen molar-refractivity contribution in [2.24, 2.45) is 4.99 Å². The maximum absolute atomic E-state index is 13.5. The summed E-state index contributed by atoms with van der Waals surface area (Å²) in [6, 6.07) is 30.0. The molecule has 39 heavy (non-hydrogen) atoms. The molecule has 1 amide bonds. The number of nitrogens with zero attached hydrogens (tertiary/aromatic N) is 2. The van der Waals surface area contributed by atoms with Crippen LogP contribution in [-0.2, 0) is 24.5 Å². The lowest BCUT2D eigenvalue weighted by molar-refractivity contribution is -0.122. The Labute approximate surface area is 247 Å². The van der Waals surface area contributed by atoms with Gasteiger partial charge in [-0.15, -0.1) is 0 Å². The molecule has 196 valence electrons. The summed E-state index contributed by atoms with van der Waals surface area (Å²) in [5, 5.41) is 0.673. The van der Waals surface area contributed by atoms with E-state index in [2.05, 4.69) is 31.9 Å². The Balaban J connectivity index is 1.38. The Morgan fingerprint density at radius 3 is 2.15 bits per heavy atom. The van der Waals surface area contributed by atoms with Crippen molar-refractivity contribution in [2.75, 3.05) is 0 Å². The van der Waals surface area contributed by atoms with Gasteiger partial charge in [-0.25, -0.2) is 4.39 Å². The Bertz CT molecular complexity index is 1520. The summed E-state index contributed by atoms with van der Waals surface area (Å²) in [5.74, 6) is 0.208. The van der Waals surface area contributed by atoms with Crippen LogP contribution in [-0.4, -0.2) is 16.0 Å². The van der Waals surface area contributed by atoms with E-state index in [1.807, 2.05) is 84.9 Å². The number of rotatable bonds is 8. The number of halogens is 3. The van der Waals surface area contributed by atoms with Crippen LogP contribution in [0.1, 0.15) is 22.3 Å². The lowest BCUT2D eigenvalue weighted by atomic mass is 10.2. The van der Waals surface area contributed by atoms with Crippen LogP contribution in [0.4, 0.5) is 4.39 Å². The van der Waals surface area contributed by atoms with E-state index in [1.165, 1.54) is 23.9 Å². The van der Waals surface area contributed by atoms with Gasteiger partial charge >= 0.3 is 0 Å². The van der Waals surface area contributed by atoms with Crippen molar-refractivity contribution in [3.63, 3.8) is 0 Å². The van der Waals surface area contributed by atoms with Crippen molar-refractivity contribution >= 4 is 60.8 Å². The second kappa shape index (κ2) is 12.8. The summed E-state index contributed by atoms with van der Waals surface area (Å²) in [5.41, 5.74) is 3.67. The van der Waals surface area contributed by atoms with Crippen LogP contribution in [0.15, 0.2) is 116 Å². The molecule has 0 saturated carbocycles. The van der Waals surface area contributed by atoms with Gasteiger partial charge in [0, 0.05) is 0 Å². The summed E-state index contributed by atoms with van der Waals surface area (Å²) in [6.45, 7) is 1.15. The number of hydrogen-bond donors (Lipinski definition) is 0. The molecular formula is C31H23Br2FN2O2S. The highest BCUT2D eigenvalue weighted by Crippen LogP contribution is 2.38. The number of aliphatic imine (C=N–C) groups is 1. The molecule has 1 heterocycles. The molecule has 4 aromatic rings. The van der Waals surface area contributed by atoms with Crippen LogP contribution in [0.5, 0.6) is 5.75 Å². The molecular weight excluding hydrogens is 643 g/mol. The fourth-order valence-electron chi connectivity index (χ4n) is 4.01. The smallest absolute Gasteiger partial charge is 0.267 e. The van der Waals surface area contributed by atoms with Gasteiger partial charge in [0.15, 0.2) is 5.17 Å². The highest BCUT2D eigenvalue weighted by molar-refractivity contribution is 9.11. The zero-order valence-electron chi connectivity index (χ0n) is 20.7. The minimum absolute atomic E-state index is 0.0886. The second-order valence-electron chi connectivity index (χ2n) is 8.80. The number of amides is 1. The Morgan fingerprint density at radius 2 is 1.49 bits per heavy atom. The fourth-order valence-corrected chi connectivity index (χ4v) is 6.43. The molecule has 0 N–H and O–H groups in total. The maximum atomic E-state index is 13.5. The van der Waals surface area contributed by atoms with Crippen molar-refractivity contribution in [3.8, 4) is 5.75 Å². The number of thioether (sulfide) groups is 1. The third-order valence-corrected chi connectivity index (χ3v) is 8.12. The molecule has 0 aromatic heterocycles. The molecule has 4 nitrogen and oxygen atoms in total. The molecule has 0 atom stereocenters. The average Bonchev–Trinajstić information content (AvgIpc) is 3.22. The number of benzene rings is 4. The Hall–Kier alpha value is -3.20. The van der Waals surface area contributed by atoms with Crippen molar-refractivity contribution < 1.29 is 13.9 Å². The normalized spacial score (nSPS) is 15.4. The van der Waals surface area contributed by atoms with Gasteiger partial charge in [-0.3, -0.25) is 14.7 Å². The average molecular weight is 666 g/mol. The molecule has 4 aromatic carbocycles. The zero-order valence-corrected chi connectivity index (χ0v) is 24.7. The Kier molecular flexibility index (Phi) is 8.96. The van der Waals surface area contributed by atoms with Crippen LogP contribution in [0.25, 0.3) is 6.08 Å². The first-order valence-corrected chi connectivity index (χ1v) is 14.6. The van der Waals surface area contributed by atoms with Gasteiger partial charge in [-0.05, 0) is 96.2 Å². The van der Waals surface area contributed by atoms with Gasteiger partial charge < -0.3 is 4.74 Å².